The highest BCUT2D eigenvalue weighted by molar-refractivity contribution is 6.30. The maximum absolute atomic E-state index is 12.7. The van der Waals surface area contributed by atoms with E-state index in [1.54, 1.807) is 18.3 Å². The van der Waals surface area contributed by atoms with Gasteiger partial charge in [0.05, 0.1) is 13.2 Å². The first kappa shape index (κ1) is 18.2. The number of piperidine rings is 1. The number of hydrogen-bond acceptors (Lipinski definition) is 5. The maximum atomic E-state index is 12.7. The van der Waals surface area contributed by atoms with Crippen molar-refractivity contribution < 1.29 is 14.3 Å². The second kappa shape index (κ2) is 7.46. The van der Waals surface area contributed by atoms with Gasteiger partial charge in [0.25, 0.3) is 5.91 Å². The number of nitrogens with zero attached hydrogens (tertiary/aromatic N) is 2. The highest BCUT2D eigenvalue weighted by Crippen LogP contribution is 2.32. The minimum absolute atomic E-state index is 0.167. The standard InChI is InChI=1S/C20H22ClN3O3/c1-14-12-16(21)2-3-17(14)23-19(25)15-4-7-22-18(13-15)24-8-5-20(6-9-24)26-10-11-27-20/h2-4,7,12-13H,5-6,8-11H2,1H3,(H,23,25). The SMILES string of the molecule is Cc1cc(Cl)ccc1NC(=O)c1ccnc(N2CCC3(CC2)OCCO3)c1. The molecule has 2 aromatic rings. The third-order valence-electron chi connectivity index (χ3n) is 5.11. The first-order valence-electron chi connectivity index (χ1n) is 9.11. The number of pyridine rings is 1. The van der Waals surface area contributed by atoms with Crippen LogP contribution in [0.4, 0.5) is 11.5 Å². The summed E-state index contributed by atoms with van der Waals surface area (Å²) in [5.41, 5.74) is 2.24. The number of hydrogen-bond donors (Lipinski definition) is 1. The number of halogens is 1. The lowest BCUT2D eigenvalue weighted by Crippen LogP contribution is -2.45. The Kier molecular flexibility index (Phi) is 5.04. The van der Waals surface area contributed by atoms with Gasteiger partial charge in [0.1, 0.15) is 5.82 Å². The molecule has 1 N–H and O–H groups in total. The molecule has 0 saturated carbocycles. The van der Waals surface area contributed by atoms with Gasteiger partial charge < -0.3 is 19.7 Å². The topological polar surface area (TPSA) is 63.7 Å². The Morgan fingerprint density at radius 2 is 1.93 bits per heavy atom. The molecular weight excluding hydrogens is 366 g/mol. The summed E-state index contributed by atoms with van der Waals surface area (Å²) in [6, 6.07) is 8.95. The van der Waals surface area contributed by atoms with E-state index in [-0.39, 0.29) is 5.91 Å². The highest BCUT2D eigenvalue weighted by Gasteiger charge is 2.40. The van der Waals surface area contributed by atoms with Crippen LogP contribution in [0.1, 0.15) is 28.8 Å². The van der Waals surface area contributed by atoms with Crippen molar-refractivity contribution in [2.24, 2.45) is 0 Å². The molecule has 2 fully saturated rings. The summed E-state index contributed by atoms with van der Waals surface area (Å²) >= 11 is 5.98. The van der Waals surface area contributed by atoms with Crippen LogP contribution in [0.2, 0.25) is 5.02 Å². The number of ether oxygens (including phenoxy) is 2. The summed E-state index contributed by atoms with van der Waals surface area (Å²) < 4.78 is 11.5. The number of aryl methyl sites for hydroxylation is 1. The van der Waals surface area contributed by atoms with Crippen LogP contribution in [-0.4, -0.2) is 43.0 Å². The van der Waals surface area contributed by atoms with Gasteiger partial charge in [0, 0.05) is 48.4 Å². The van der Waals surface area contributed by atoms with Crippen LogP contribution < -0.4 is 10.2 Å². The minimum Gasteiger partial charge on any atom is -0.356 e. The molecule has 0 aliphatic carbocycles. The van der Waals surface area contributed by atoms with Gasteiger partial charge in [-0.25, -0.2) is 4.98 Å². The zero-order valence-electron chi connectivity index (χ0n) is 15.2. The number of anilines is 2. The fraction of sp³-hybridized carbons (Fsp3) is 0.400. The van der Waals surface area contributed by atoms with Gasteiger partial charge in [-0.15, -0.1) is 0 Å². The molecule has 2 saturated heterocycles. The van der Waals surface area contributed by atoms with Gasteiger partial charge in [-0.1, -0.05) is 11.6 Å². The van der Waals surface area contributed by atoms with Gasteiger partial charge >= 0.3 is 0 Å². The van der Waals surface area contributed by atoms with Crippen LogP contribution in [-0.2, 0) is 9.47 Å². The van der Waals surface area contributed by atoms with Gasteiger partial charge in [-0.2, -0.15) is 0 Å². The number of carbonyl (C=O) groups is 1. The van der Waals surface area contributed by atoms with Crippen LogP contribution in [0.3, 0.4) is 0 Å². The molecule has 142 valence electrons. The Bertz CT molecular complexity index is 842. The van der Waals surface area contributed by atoms with Crippen molar-refractivity contribution in [1.29, 1.82) is 0 Å². The fourth-order valence-electron chi connectivity index (χ4n) is 3.56. The number of rotatable bonds is 3. The lowest BCUT2D eigenvalue weighted by Gasteiger charge is -2.38. The maximum Gasteiger partial charge on any atom is 0.255 e. The van der Waals surface area contributed by atoms with E-state index < -0.39 is 5.79 Å². The summed E-state index contributed by atoms with van der Waals surface area (Å²) in [5, 5.41) is 3.59. The Hall–Kier alpha value is -2.15. The molecule has 0 unspecified atom stereocenters. The van der Waals surface area contributed by atoms with Crippen LogP contribution in [0, 0.1) is 6.92 Å². The van der Waals surface area contributed by atoms with Gasteiger partial charge in [-0.3, -0.25) is 4.79 Å². The Morgan fingerprint density at radius 1 is 1.19 bits per heavy atom. The summed E-state index contributed by atoms with van der Waals surface area (Å²) in [5.74, 6) is 0.209. The molecule has 2 aliphatic rings. The highest BCUT2D eigenvalue weighted by atomic mass is 35.5. The molecule has 4 rings (SSSR count). The Labute approximate surface area is 163 Å². The van der Waals surface area contributed by atoms with Gasteiger partial charge in [0.2, 0.25) is 0 Å². The van der Waals surface area contributed by atoms with E-state index in [1.807, 2.05) is 25.1 Å². The van der Waals surface area contributed by atoms with E-state index in [1.165, 1.54) is 0 Å². The zero-order chi connectivity index (χ0) is 18.9. The van der Waals surface area contributed by atoms with Crippen LogP contribution in [0.15, 0.2) is 36.5 Å². The smallest absolute Gasteiger partial charge is 0.255 e. The summed E-state index contributed by atoms with van der Waals surface area (Å²) in [6.07, 6.45) is 3.27. The number of carbonyl (C=O) groups excluding carboxylic acids is 1. The average molecular weight is 388 g/mol. The van der Waals surface area contributed by atoms with E-state index in [0.29, 0.717) is 23.8 Å². The fourth-order valence-corrected chi connectivity index (χ4v) is 3.78. The Morgan fingerprint density at radius 3 is 2.63 bits per heavy atom. The molecule has 1 amide bonds. The third-order valence-corrected chi connectivity index (χ3v) is 5.34. The summed E-state index contributed by atoms with van der Waals surface area (Å²) in [7, 11) is 0. The lowest BCUT2D eigenvalue weighted by molar-refractivity contribution is -0.169. The van der Waals surface area contributed by atoms with Crippen molar-refractivity contribution in [3.8, 4) is 0 Å². The number of nitrogens with one attached hydrogen (secondary N) is 1. The quantitative estimate of drug-likeness (QED) is 0.871. The first-order chi connectivity index (χ1) is 13.0. The van der Waals surface area contributed by atoms with Crippen LogP contribution >= 0.6 is 11.6 Å². The van der Waals surface area contributed by atoms with E-state index in [9.17, 15) is 4.79 Å². The molecule has 1 aromatic heterocycles. The number of aromatic nitrogens is 1. The monoisotopic (exact) mass is 387 g/mol. The number of benzene rings is 1. The van der Waals surface area contributed by atoms with Crippen LogP contribution in [0.5, 0.6) is 0 Å². The predicted octanol–water partition coefficient (Wildman–Crippen LogP) is 3.64. The van der Waals surface area contributed by atoms with Crippen molar-refractivity contribution in [2.75, 3.05) is 36.5 Å². The molecule has 2 aliphatic heterocycles. The van der Waals surface area contributed by atoms with Gasteiger partial charge in [0.15, 0.2) is 5.79 Å². The largest absolute Gasteiger partial charge is 0.356 e. The van der Waals surface area contributed by atoms with E-state index in [0.717, 1.165) is 43.0 Å². The van der Waals surface area contributed by atoms with Crippen molar-refractivity contribution in [2.45, 2.75) is 25.6 Å². The molecule has 1 spiro atoms. The Balaban J connectivity index is 1.45. The molecule has 7 heteroatoms. The van der Waals surface area contributed by atoms with E-state index in [4.69, 9.17) is 21.1 Å². The molecule has 0 atom stereocenters. The average Bonchev–Trinajstić information content (AvgIpc) is 3.12. The number of amides is 1. The molecule has 6 nitrogen and oxygen atoms in total. The second-order valence-electron chi connectivity index (χ2n) is 6.91. The zero-order valence-corrected chi connectivity index (χ0v) is 16.0. The van der Waals surface area contributed by atoms with Crippen molar-refractivity contribution >= 4 is 29.0 Å². The molecule has 0 radical (unpaired) electrons. The van der Waals surface area contributed by atoms with E-state index in [2.05, 4.69) is 15.2 Å². The molecule has 1 aromatic carbocycles. The van der Waals surface area contributed by atoms with Crippen LogP contribution in [0.25, 0.3) is 0 Å². The summed E-state index contributed by atoms with van der Waals surface area (Å²) in [6.45, 7) is 4.81. The predicted molar refractivity (Wildman–Crippen MR) is 104 cm³/mol. The molecule has 27 heavy (non-hydrogen) atoms. The summed E-state index contributed by atoms with van der Waals surface area (Å²) in [4.78, 5) is 19.3. The minimum atomic E-state index is -0.419. The second-order valence-corrected chi connectivity index (χ2v) is 7.35. The third kappa shape index (κ3) is 3.93. The molecule has 3 heterocycles. The normalized spacial score (nSPS) is 18.7. The lowest BCUT2D eigenvalue weighted by atomic mass is 10.0. The first-order valence-corrected chi connectivity index (χ1v) is 9.49. The van der Waals surface area contributed by atoms with Crippen molar-refractivity contribution in [3.05, 3.63) is 52.7 Å². The molecule has 0 bridgehead atoms. The molecular formula is C20H22ClN3O3. The van der Waals surface area contributed by atoms with E-state index >= 15 is 0 Å². The van der Waals surface area contributed by atoms with Crippen molar-refractivity contribution in [3.63, 3.8) is 0 Å². The van der Waals surface area contributed by atoms with Crippen molar-refractivity contribution in [1.82, 2.24) is 4.98 Å². The van der Waals surface area contributed by atoms with Gasteiger partial charge in [-0.05, 0) is 42.8 Å².